The summed E-state index contributed by atoms with van der Waals surface area (Å²) < 4.78 is 11.2. The number of carbonyl (C=O) groups is 2. The van der Waals surface area contributed by atoms with E-state index in [4.69, 9.17) is 9.47 Å². The lowest BCUT2D eigenvalue weighted by molar-refractivity contribution is -0.136. The van der Waals surface area contributed by atoms with Crippen molar-refractivity contribution in [3.8, 4) is 5.75 Å². The molecule has 7 nitrogen and oxygen atoms in total. The molecule has 1 aliphatic rings. The topological polar surface area (TPSA) is 80.8 Å². The molecule has 0 spiro atoms. The lowest BCUT2D eigenvalue weighted by Crippen LogP contribution is -2.52. The Morgan fingerprint density at radius 1 is 1.25 bits per heavy atom. The zero-order valence-electron chi connectivity index (χ0n) is 19.1. The molecule has 2 amide bonds. The zero-order chi connectivity index (χ0) is 22.9. The molecule has 2 unspecified atom stereocenters. The van der Waals surface area contributed by atoms with E-state index in [2.05, 4.69) is 10.3 Å². The highest BCUT2D eigenvalue weighted by molar-refractivity contribution is 5.97. The van der Waals surface area contributed by atoms with E-state index >= 15 is 0 Å². The molecule has 1 aromatic heterocycles. The molecule has 1 aliphatic heterocycles. The zero-order valence-corrected chi connectivity index (χ0v) is 19.1. The monoisotopic (exact) mass is 439 g/mol. The van der Waals surface area contributed by atoms with E-state index in [9.17, 15) is 9.59 Å². The summed E-state index contributed by atoms with van der Waals surface area (Å²) in [5.41, 5.74) is 1.43. The average Bonchev–Trinajstić information content (AvgIpc) is 3.31. The number of nitrogens with one attached hydrogen (secondary N) is 1. The van der Waals surface area contributed by atoms with E-state index in [1.807, 2.05) is 32.9 Å². The molecule has 1 N–H and O–H groups in total. The number of nitrogens with zero attached hydrogens (tertiary/aromatic N) is 2. The van der Waals surface area contributed by atoms with Gasteiger partial charge in [0.05, 0.1) is 12.7 Å². The van der Waals surface area contributed by atoms with E-state index in [1.165, 1.54) is 0 Å². The van der Waals surface area contributed by atoms with Gasteiger partial charge in [0.25, 0.3) is 5.91 Å². The van der Waals surface area contributed by atoms with Crippen LogP contribution in [0.1, 0.15) is 49.5 Å². The summed E-state index contributed by atoms with van der Waals surface area (Å²) >= 11 is 0. The van der Waals surface area contributed by atoms with Crippen molar-refractivity contribution in [3.63, 3.8) is 0 Å². The number of benzene rings is 1. The Morgan fingerprint density at radius 3 is 2.62 bits per heavy atom. The number of rotatable bonds is 10. The summed E-state index contributed by atoms with van der Waals surface area (Å²) in [6.07, 6.45) is 5.43. The number of pyridine rings is 1. The van der Waals surface area contributed by atoms with Gasteiger partial charge in [-0.3, -0.25) is 14.6 Å². The van der Waals surface area contributed by atoms with E-state index in [-0.39, 0.29) is 23.8 Å². The maximum Gasteiger partial charge on any atom is 0.251 e. The highest BCUT2D eigenvalue weighted by Crippen LogP contribution is 2.18. The third kappa shape index (κ3) is 6.53. The Hall–Kier alpha value is -2.93. The molecule has 2 aromatic rings. The lowest BCUT2D eigenvalue weighted by Gasteiger charge is -2.31. The van der Waals surface area contributed by atoms with Gasteiger partial charge in [0, 0.05) is 37.7 Å². The van der Waals surface area contributed by atoms with Gasteiger partial charge < -0.3 is 19.7 Å². The van der Waals surface area contributed by atoms with E-state index in [1.54, 1.807) is 41.6 Å². The van der Waals surface area contributed by atoms with Crippen LogP contribution in [0.15, 0.2) is 48.8 Å². The van der Waals surface area contributed by atoms with Crippen LogP contribution in [0.2, 0.25) is 0 Å². The molecule has 1 saturated heterocycles. The van der Waals surface area contributed by atoms with Crippen molar-refractivity contribution in [3.05, 3.63) is 59.9 Å². The van der Waals surface area contributed by atoms with Crippen LogP contribution in [0.3, 0.4) is 0 Å². The van der Waals surface area contributed by atoms with Crippen LogP contribution in [-0.2, 0) is 16.1 Å². The highest BCUT2D eigenvalue weighted by Gasteiger charge is 2.31. The first-order valence-corrected chi connectivity index (χ1v) is 11.3. The normalized spacial score (nSPS) is 16.6. The first-order chi connectivity index (χ1) is 15.5. The van der Waals surface area contributed by atoms with Gasteiger partial charge in [-0.15, -0.1) is 0 Å². The van der Waals surface area contributed by atoms with Crippen molar-refractivity contribution in [2.75, 3.05) is 19.8 Å². The van der Waals surface area contributed by atoms with Gasteiger partial charge in [-0.1, -0.05) is 19.9 Å². The lowest BCUT2D eigenvalue weighted by atomic mass is 10.0. The molecule has 2 heterocycles. The predicted octanol–water partition coefficient (Wildman–Crippen LogP) is 3.44. The van der Waals surface area contributed by atoms with Crippen molar-refractivity contribution in [2.24, 2.45) is 5.92 Å². The minimum Gasteiger partial charge on any atom is -0.494 e. The number of hydrogen-bond acceptors (Lipinski definition) is 5. The first kappa shape index (κ1) is 23.7. The summed E-state index contributed by atoms with van der Waals surface area (Å²) in [4.78, 5) is 32.5. The van der Waals surface area contributed by atoms with Crippen LogP contribution in [0, 0.1) is 5.92 Å². The minimum atomic E-state index is -0.646. The fraction of sp³-hybridized carbons (Fsp3) is 0.480. The van der Waals surface area contributed by atoms with E-state index in [0.717, 1.165) is 25.0 Å². The third-order valence-electron chi connectivity index (χ3n) is 5.50. The predicted molar refractivity (Wildman–Crippen MR) is 122 cm³/mol. The van der Waals surface area contributed by atoms with Crippen LogP contribution < -0.4 is 10.1 Å². The summed E-state index contributed by atoms with van der Waals surface area (Å²) in [6, 6.07) is 10.1. The summed E-state index contributed by atoms with van der Waals surface area (Å²) in [5, 5.41) is 2.95. The Labute approximate surface area is 190 Å². The van der Waals surface area contributed by atoms with Gasteiger partial charge in [0.15, 0.2) is 0 Å². The van der Waals surface area contributed by atoms with Crippen LogP contribution in [0.4, 0.5) is 0 Å². The van der Waals surface area contributed by atoms with Crippen LogP contribution in [0.25, 0.3) is 0 Å². The smallest absolute Gasteiger partial charge is 0.251 e. The highest BCUT2D eigenvalue weighted by atomic mass is 16.5. The second kappa shape index (κ2) is 11.6. The third-order valence-corrected chi connectivity index (χ3v) is 5.50. The maximum absolute atomic E-state index is 13.6. The minimum absolute atomic E-state index is 0.0187. The molecule has 1 aromatic carbocycles. The van der Waals surface area contributed by atoms with E-state index in [0.29, 0.717) is 31.0 Å². The molecule has 172 valence electrons. The van der Waals surface area contributed by atoms with Gasteiger partial charge in [0.2, 0.25) is 5.91 Å². The van der Waals surface area contributed by atoms with Crippen molar-refractivity contribution in [2.45, 2.75) is 52.3 Å². The van der Waals surface area contributed by atoms with Gasteiger partial charge >= 0.3 is 0 Å². The molecule has 2 atom stereocenters. The Bertz CT molecular complexity index is 865. The standard InChI is InChI=1S/C25H33N3O4/c1-4-31-21-11-9-20(10-12-21)24(29)27-23(18(2)3)25(30)28(17-22-8-6-14-32-22)16-19-7-5-13-26-15-19/h5,7,9-13,15,18,22-23H,4,6,8,14,16-17H2,1-3H3,(H,27,29). The van der Waals surface area contributed by atoms with Gasteiger partial charge in [-0.25, -0.2) is 0 Å². The summed E-state index contributed by atoms with van der Waals surface area (Å²) in [7, 11) is 0. The molecule has 7 heteroatoms. The second-order valence-corrected chi connectivity index (χ2v) is 8.37. The molecule has 0 aliphatic carbocycles. The second-order valence-electron chi connectivity index (χ2n) is 8.37. The number of carbonyl (C=O) groups excluding carboxylic acids is 2. The van der Waals surface area contributed by atoms with Crippen molar-refractivity contribution in [1.82, 2.24) is 15.2 Å². The largest absolute Gasteiger partial charge is 0.494 e. The fourth-order valence-electron chi connectivity index (χ4n) is 3.78. The summed E-state index contributed by atoms with van der Waals surface area (Å²) in [6.45, 7) is 8.00. The van der Waals surface area contributed by atoms with Crippen LogP contribution in [0.5, 0.6) is 5.75 Å². The Balaban J connectivity index is 1.74. The number of aromatic nitrogens is 1. The Morgan fingerprint density at radius 2 is 2.03 bits per heavy atom. The van der Waals surface area contributed by atoms with Crippen LogP contribution >= 0.6 is 0 Å². The summed E-state index contributed by atoms with van der Waals surface area (Å²) in [5.74, 6) is 0.243. The molecular formula is C25H33N3O4. The van der Waals surface area contributed by atoms with E-state index < -0.39 is 6.04 Å². The average molecular weight is 440 g/mol. The van der Waals surface area contributed by atoms with Crippen molar-refractivity contribution in [1.29, 1.82) is 0 Å². The molecule has 0 bridgehead atoms. The molecule has 3 rings (SSSR count). The SMILES string of the molecule is CCOc1ccc(C(=O)NC(C(=O)N(Cc2cccnc2)CC2CCCO2)C(C)C)cc1. The number of ether oxygens (including phenoxy) is 2. The number of amides is 2. The van der Waals surface area contributed by atoms with Crippen molar-refractivity contribution >= 4 is 11.8 Å². The van der Waals surface area contributed by atoms with Crippen LogP contribution in [-0.4, -0.2) is 53.6 Å². The Kier molecular flexibility index (Phi) is 8.62. The quantitative estimate of drug-likeness (QED) is 0.613. The van der Waals surface area contributed by atoms with Gasteiger partial charge in [-0.2, -0.15) is 0 Å². The maximum atomic E-state index is 13.6. The molecule has 1 fully saturated rings. The molecule has 0 saturated carbocycles. The van der Waals surface area contributed by atoms with Gasteiger partial charge in [-0.05, 0) is 61.6 Å². The van der Waals surface area contributed by atoms with Gasteiger partial charge in [0.1, 0.15) is 11.8 Å². The fourth-order valence-corrected chi connectivity index (χ4v) is 3.78. The number of hydrogen-bond donors (Lipinski definition) is 1. The first-order valence-electron chi connectivity index (χ1n) is 11.3. The van der Waals surface area contributed by atoms with Crippen molar-refractivity contribution < 1.29 is 19.1 Å². The molecule has 32 heavy (non-hydrogen) atoms. The molecule has 0 radical (unpaired) electrons. The molecular weight excluding hydrogens is 406 g/mol.